The van der Waals surface area contributed by atoms with Gasteiger partial charge in [0.1, 0.15) is 11.6 Å². The second kappa shape index (κ2) is 13.5. The van der Waals surface area contributed by atoms with Gasteiger partial charge in [-0.25, -0.2) is 8.78 Å². The molecule has 0 amide bonds. The number of aliphatic hydroxyl groups is 1. The number of hydrogen-bond donors (Lipinski definition) is 1. The molecule has 3 rings (SSSR count). The number of β-amino-alcohol motifs (C(OH)–C–C–N with tert-alkyl or cyclic N) is 1. The molecule has 3 atom stereocenters. The summed E-state index contributed by atoms with van der Waals surface area (Å²) in [6, 6.07) is 8.45. The van der Waals surface area contributed by atoms with Crippen molar-refractivity contribution in [3.63, 3.8) is 0 Å². The van der Waals surface area contributed by atoms with Crippen molar-refractivity contribution in [1.29, 1.82) is 0 Å². The number of halogens is 3. The van der Waals surface area contributed by atoms with Crippen molar-refractivity contribution >= 4 is 17.6 Å². The van der Waals surface area contributed by atoms with Crippen LogP contribution in [0.5, 0.6) is 0 Å². The molecule has 36 heavy (non-hydrogen) atoms. The fourth-order valence-electron chi connectivity index (χ4n) is 4.74. The van der Waals surface area contributed by atoms with Crippen LogP contribution in [0.2, 0.25) is 5.02 Å². The lowest BCUT2D eigenvalue weighted by Gasteiger charge is -2.28. The summed E-state index contributed by atoms with van der Waals surface area (Å²) in [4.78, 5) is 14.0. The molecule has 8 heteroatoms. The highest BCUT2D eigenvalue weighted by atomic mass is 35.5. The maximum absolute atomic E-state index is 14.1. The average Bonchev–Trinajstić information content (AvgIpc) is 3.26. The zero-order valence-corrected chi connectivity index (χ0v) is 22.0. The Balaban J connectivity index is 1.56. The van der Waals surface area contributed by atoms with Crippen LogP contribution >= 0.6 is 11.6 Å². The van der Waals surface area contributed by atoms with E-state index in [4.69, 9.17) is 21.1 Å². The van der Waals surface area contributed by atoms with E-state index in [1.165, 1.54) is 12.1 Å². The van der Waals surface area contributed by atoms with Gasteiger partial charge in [0.05, 0.1) is 30.4 Å². The Morgan fingerprint density at radius 3 is 2.75 bits per heavy atom. The zero-order valence-electron chi connectivity index (χ0n) is 21.2. The van der Waals surface area contributed by atoms with Crippen LogP contribution in [-0.4, -0.2) is 54.4 Å². The van der Waals surface area contributed by atoms with Gasteiger partial charge in [-0.3, -0.25) is 9.69 Å². The lowest BCUT2D eigenvalue weighted by Crippen LogP contribution is -2.39. The van der Waals surface area contributed by atoms with Gasteiger partial charge >= 0.3 is 5.97 Å². The van der Waals surface area contributed by atoms with Gasteiger partial charge in [0, 0.05) is 19.0 Å². The maximum atomic E-state index is 14.1. The van der Waals surface area contributed by atoms with Crippen LogP contribution in [0, 0.1) is 18.6 Å². The highest BCUT2D eigenvalue weighted by molar-refractivity contribution is 6.30. The molecule has 1 fully saturated rings. The largest absolute Gasteiger partial charge is 0.466 e. The number of carbonyl (C=O) groups excluding carboxylic acids is 1. The lowest BCUT2D eigenvalue weighted by molar-refractivity contribution is -0.143. The highest BCUT2D eigenvalue weighted by Gasteiger charge is 2.27. The molecule has 1 heterocycles. The smallest absolute Gasteiger partial charge is 0.306 e. The van der Waals surface area contributed by atoms with Crippen LogP contribution in [0.1, 0.15) is 61.5 Å². The number of aliphatic hydroxyl groups excluding tert-OH is 1. The van der Waals surface area contributed by atoms with E-state index in [0.717, 1.165) is 31.4 Å². The number of hydrogen-bond acceptors (Lipinski definition) is 5. The first-order valence-electron chi connectivity index (χ1n) is 12.6. The average molecular weight is 524 g/mol. The number of carbonyl (C=O) groups is 1. The van der Waals surface area contributed by atoms with Crippen LogP contribution < -0.4 is 0 Å². The number of aryl methyl sites for hydroxylation is 2. The summed E-state index contributed by atoms with van der Waals surface area (Å²) in [6.07, 6.45) is 2.00. The molecule has 198 valence electrons. The minimum atomic E-state index is -0.721. The Kier molecular flexibility index (Phi) is 10.7. The van der Waals surface area contributed by atoms with Crippen molar-refractivity contribution in [3.05, 3.63) is 69.2 Å². The molecular formula is C28H36ClF2NO4. The number of esters is 1. The Bertz CT molecular complexity index is 1030. The Morgan fingerprint density at radius 2 is 2.03 bits per heavy atom. The molecule has 0 aliphatic carbocycles. The standard InChI is InChI=1S/C28H36ClF2NO4/c1-4-35-28(34)10-9-21-14-27(31)25(29)15-24(21)19(3)36-17-23(33)16-32-11-5-6-22(32)12-20-8-7-18(2)26(30)13-20/h7-8,13-15,19,22-23,33H,4-6,9-12,16-17H2,1-3H3/t19-,22+,23+/m1/s1. The van der Waals surface area contributed by atoms with E-state index in [-0.39, 0.29) is 42.5 Å². The van der Waals surface area contributed by atoms with E-state index in [9.17, 15) is 18.7 Å². The molecule has 1 aliphatic heterocycles. The van der Waals surface area contributed by atoms with Gasteiger partial charge in [-0.05, 0) is 93.5 Å². The van der Waals surface area contributed by atoms with Gasteiger partial charge in [0.2, 0.25) is 0 Å². The summed E-state index contributed by atoms with van der Waals surface area (Å²) in [5, 5.41) is 10.7. The Labute approximate surface area is 217 Å². The van der Waals surface area contributed by atoms with Crippen LogP contribution in [0.25, 0.3) is 0 Å². The summed E-state index contributed by atoms with van der Waals surface area (Å²) >= 11 is 6.02. The van der Waals surface area contributed by atoms with Crippen molar-refractivity contribution in [2.75, 3.05) is 26.3 Å². The minimum Gasteiger partial charge on any atom is -0.466 e. The molecule has 0 saturated carbocycles. The fourth-order valence-corrected chi connectivity index (χ4v) is 4.91. The van der Waals surface area contributed by atoms with Crippen molar-refractivity contribution in [2.45, 2.75) is 71.1 Å². The summed E-state index contributed by atoms with van der Waals surface area (Å²) in [7, 11) is 0. The van der Waals surface area contributed by atoms with Gasteiger partial charge < -0.3 is 14.6 Å². The van der Waals surface area contributed by atoms with Gasteiger partial charge in [-0.2, -0.15) is 0 Å². The predicted molar refractivity (Wildman–Crippen MR) is 136 cm³/mol. The number of rotatable bonds is 12. The Hall–Kier alpha value is -2.06. The van der Waals surface area contributed by atoms with Gasteiger partial charge in [0.25, 0.3) is 0 Å². The third-order valence-corrected chi connectivity index (χ3v) is 7.00. The molecule has 1 N–H and O–H groups in total. The molecule has 0 radical (unpaired) electrons. The first kappa shape index (κ1) is 28.5. The van der Waals surface area contributed by atoms with E-state index >= 15 is 0 Å². The maximum Gasteiger partial charge on any atom is 0.306 e. The van der Waals surface area contributed by atoms with Gasteiger partial charge in [-0.15, -0.1) is 0 Å². The topological polar surface area (TPSA) is 59.0 Å². The van der Waals surface area contributed by atoms with Crippen molar-refractivity contribution in [2.24, 2.45) is 0 Å². The molecule has 0 spiro atoms. The van der Waals surface area contributed by atoms with E-state index < -0.39 is 18.0 Å². The summed E-state index contributed by atoms with van der Waals surface area (Å²) in [5.74, 6) is -1.10. The monoisotopic (exact) mass is 523 g/mol. The Morgan fingerprint density at radius 1 is 1.25 bits per heavy atom. The molecule has 0 aromatic heterocycles. The zero-order chi connectivity index (χ0) is 26.2. The van der Waals surface area contributed by atoms with Crippen LogP contribution in [0.4, 0.5) is 8.78 Å². The molecule has 0 unspecified atom stereocenters. The number of benzene rings is 2. The lowest BCUT2D eigenvalue weighted by atomic mass is 9.99. The molecule has 1 saturated heterocycles. The second-order valence-electron chi connectivity index (χ2n) is 9.48. The molecule has 2 aromatic carbocycles. The first-order chi connectivity index (χ1) is 17.2. The second-order valence-corrected chi connectivity index (χ2v) is 9.89. The van der Waals surface area contributed by atoms with Crippen LogP contribution in [0.15, 0.2) is 30.3 Å². The first-order valence-corrected chi connectivity index (χ1v) is 13.0. The SMILES string of the molecule is CCOC(=O)CCc1cc(F)c(Cl)cc1[C@@H](C)OC[C@@H](O)CN1CCC[C@H]1Cc1ccc(C)c(F)c1. The van der Waals surface area contributed by atoms with E-state index in [0.29, 0.717) is 29.7 Å². The quantitative estimate of drug-likeness (QED) is 0.369. The van der Waals surface area contributed by atoms with E-state index in [1.807, 2.05) is 13.0 Å². The third kappa shape index (κ3) is 7.97. The predicted octanol–water partition coefficient (Wildman–Crippen LogP) is 5.57. The van der Waals surface area contributed by atoms with E-state index in [1.54, 1.807) is 26.0 Å². The van der Waals surface area contributed by atoms with Crippen LogP contribution in [-0.2, 0) is 27.1 Å². The molecule has 5 nitrogen and oxygen atoms in total. The molecule has 2 aromatic rings. The van der Waals surface area contributed by atoms with E-state index in [2.05, 4.69) is 4.90 Å². The van der Waals surface area contributed by atoms with Crippen LogP contribution in [0.3, 0.4) is 0 Å². The minimum absolute atomic E-state index is 0.0201. The van der Waals surface area contributed by atoms with Gasteiger partial charge in [0.15, 0.2) is 0 Å². The summed E-state index contributed by atoms with van der Waals surface area (Å²) in [5.41, 5.74) is 2.89. The number of nitrogens with zero attached hydrogens (tertiary/aromatic N) is 1. The van der Waals surface area contributed by atoms with Gasteiger partial charge in [-0.1, -0.05) is 23.7 Å². The van der Waals surface area contributed by atoms with Crippen molar-refractivity contribution in [3.8, 4) is 0 Å². The molecule has 1 aliphatic rings. The molecule has 0 bridgehead atoms. The normalized spacial score (nSPS) is 17.8. The van der Waals surface area contributed by atoms with Crippen molar-refractivity contribution in [1.82, 2.24) is 4.90 Å². The summed E-state index contributed by atoms with van der Waals surface area (Å²) in [6.45, 7) is 7.01. The number of ether oxygens (including phenoxy) is 2. The summed E-state index contributed by atoms with van der Waals surface area (Å²) < 4.78 is 39.0. The number of likely N-dealkylation sites (tertiary alicyclic amines) is 1. The van der Waals surface area contributed by atoms with Crippen molar-refractivity contribution < 1.29 is 28.2 Å². The molecular weight excluding hydrogens is 488 g/mol. The highest BCUT2D eigenvalue weighted by Crippen LogP contribution is 2.29. The third-order valence-electron chi connectivity index (χ3n) is 6.71. The fraction of sp³-hybridized carbons (Fsp3) is 0.536.